The van der Waals surface area contributed by atoms with E-state index in [4.69, 9.17) is 10.6 Å². The Morgan fingerprint density at radius 2 is 2.25 bits per heavy atom. The number of sulfonamides is 1. The molecule has 0 aliphatic carbocycles. The quantitative estimate of drug-likeness (QED) is 0.611. The molecule has 0 spiro atoms. The van der Waals surface area contributed by atoms with E-state index in [9.17, 15) is 8.42 Å². The zero-order valence-corrected chi connectivity index (χ0v) is 13.7. The second-order valence-electron chi connectivity index (χ2n) is 5.09. The van der Waals surface area contributed by atoms with Crippen molar-refractivity contribution in [2.75, 3.05) is 25.2 Å². The second kappa shape index (κ2) is 5.57. The van der Waals surface area contributed by atoms with Crippen LogP contribution in [0, 0.1) is 0 Å². The van der Waals surface area contributed by atoms with Crippen LogP contribution in [0.5, 0.6) is 0 Å². The lowest BCUT2D eigenvalue weighted by Crippen LogP contribution is -2.55. The zero-order valence-electron chi connectivity index (χ0n) is 11.3. The first-order valence-electron chi connectivity index (χ1n) is 6.02. The lowest BCUT2D eigenvalue weighted by Gasteiger charge is -2.40. The van der Waals surface area contributed by atoms with Gasteiger partial charge in [0.15, 0.2) is 5.82 Å². The van der Waals surface area contributed by atoms with Crippen molar-refractivity contribution in [3.8, 4) is 0 Å². The number of nitrogens with two attached hydrogens (primary N) is 1. The highest BCUT2D eigenvalue weighted by Crippen LogP contribution is 2.31. The predicted octanol–water partition coefficient (Wildman–Crippen LogP) is 0.929. The van der Waals surface area contributed by atoms with Crippen molar-refractivity contribution in [3.05, 3.63) is 16.7 Å². The topological polar surface area (TPSA) is 97.5 Å². The third kappa shape index (κ3) is 2.82. The van der Waals surface area contributed by atoms with Crippen molar-refractivity contribution >= 4 is 31.8 Å². The van der Waals surface area contributed by atoms with Gasteiger partial charge in [-0.3, -0.25) is 0 Å². The molecular weight excluding hydrogens is 348 g/mol. The van der Waals surface area contributed by atoms with Crippen molar-refractivity contribution in [3.63, 3.8) is 0 Å². The number of hydrazine groups is 1. The van der Waals surface area contributed by atoms with Crippen molar-refractivity contribution in [1.29, 1.82) is 0 Å². The molecule has 7 nitrogen and oxygen atoms in total. The summed E-state index contributed by atoms with van der Waals surface area (Å²) < 4.78 is 33.0. The van der Waals surface area contributed by atoms with E-state index in [-0.39, 0.29) is 10.7 Å². The predicted molar refractivity (Wildman–Crippen MR) is 78.5 cm³/mol. The van der Waals surface area contributed by atoms with Gasteiger partial charge in [0.2, 0.25) is 10.0 Å². The highest BCUT2D eigenvalue weighted by atomic mass is 79.9. The fraction of sp³-hybridized carbons (Fsp3) is 0.545. The summed E-state index contributed by atoms with van der Waals surface area (Å²) in [4.78, 5) is 4.03. The number of nitrogens with zero attached hydrogens (tertiary/aromatic N) is 2. The normalized spacial score (nSPS) is 19.8. The minimum absolute atomic E-state index is 0.0457. The van der Waals surface area contributed by atoms with Crippen molar-refractivity contribution in [2.24, 2.45) is 5.84 Å². The molecule has 112 valence electrons. The molecule has 0 radical (unpaired) electrons. The van der Waals surface area contributed by atoms with E-state index in [1.165, 1.54) is 16.6 Å². The standard InChI is InChI=1S/C11H17BrN4O3S/c1-11(2)7-19-4-3-16(11)20(17,18)9-5-8(12)6-14-10(9)15-13/h5-6H,3-4,7,13H2,1-2H3,(H,14,15). The summed E-state index contributed by atoms with van der Waals surface area (Å²) in [5, 5.41) is 0. The Labute approximate surface area is 126 Å². The summed E-state index contributed by atoms with van der Waals surface area (Å²) in [6, 6.07) is 1.49. The summed E-state index contributed by atoms with van der Waals surface area (Å²) in [6.07, 6.45) is 1.48. The summed E-state index contributed by atoms with van der Waals surface area (Å²) >= 11 is 3.23. The van der Waals surface area contributed by atoms with E-state index in [2.05, 4.69) is 26.3 Å². The first-order chi connectivity index (χ1) is 9.29. The highest BCUT2D eigenvalue weighted by Gasteiger charge is 2.41. The summed E-state index contributed by atoms with van der Waals surface area (Å²) in [7, 11) is -3.72. The van der Waals surface area contributed by atoms with Crippen LogP contribution >= 0.6 is 15.9 Å². The Hall–Kier alpha value is -0.740. The number of nitrogens with one attached hydrogen (secondary N) is 1. The van der Waals surface area contributed by atoms with Gasteiger partial charge in [0.1, 0.15) is 4.90 Å². The van der Waals surface area contributed by atoms with Gasteiger partial charge in [0.25, 0.3) is 0 Å². The third-order valence-electron chi connectivity index (χ3n) is 3.09. The number of halogens is 1. The molecule has 0 unspecified atom stereocenters. The van der Waals surface area contributed by atoms with Gasteiger partial charge in [-0.15, -0.1) is 0 Å². The van der Waals surface area contributed by atoms with E-state index in [1.54, 1.807) is 0 Å². The van der Waals surface area contributed by atoms with Gasteiger partial charge >= 0.3 is 0 Å². The largest absolute Gasteiger partial charge is 0.378 e. The molecule has 1 aromatic heterocycles. The molecule has 3 N–H and O–H groups in total. The van der Waals surface area contributed by atoms with Crippen molar-refractivity contribution in [1.82, 2.24) is 9.29 Å². The molecular formula is C11H17BrN4O3S. The van der Waals surface area contributed by atoms with Gasteiger partial charge in [0.05, 0.1) is 18.8 Å². The van der Waals surface area contributed by atoms with E-state index in [0.29, 0.717) is 24.2 Å². The summed E-state index contributed by atoms with van der Waals surface area (Å²) in [5.74, 6) is 5.48. The van der Waals surface area contributed by atoms with Crippen LogP contribution in [0.2, 0.25) is 0 Å². The van der Waals surface area contributed by atoms with Crippen LogP contribution < -0.4 is 11.3 Å². The molecule has 2 heterocycles. The number of hydrogen-bond donors (Lipinski definition) is 2. The molecule has 2 rings (SSSR count). The van der Waals surface area contributed by atoms with Gasteiger partial charge in [-0.2, -0.15) is 4.31 Å². The van der Waals surface area contributed by atoms with Gasteiger partial charge in [-0.1, -0.05) is 0 Å². The molecule has 20 heavy (non-hydrogen) atoms. The molecule has 0 bridgehead atoms. The first-order valence-corrected chi connectivity index (χ1v) is 8.25. The van der Waals surface area contributed by atoms with Crippen LogP contribution in [-0.4, -0.2) is 43.0 Å². The number of hydrogen-bond acceptors (Lipinski definition) is 6. The smallest absolute Gasteiger partial charge is 0.247 e. The number of ether oxygens (including phenoxy) is 1. The average Bonchev–Trinajstić information content (AvgIpc) is 2.37. The van der Waals surface area contributed by atoms with Crippen molar-refractivity contribution < 1.29 is 13.2 Å². The number of morpholine rings is 1. The van der Waals surface area contributed by atoms with Crippen LogP contribution in [0.15, 0.2) is 21.6 Å². The second-order valence-corrected chi connectivity index (χ2v) is 7.83. The Morgan fingerprint density at radius 1 is 1.55 bits per heavy atom. The number of aromatic nitrogens is 1. The molecule has 1 saturated heterocycles. The Kier molecular flexibility index (Phi) is 4.35. The molecule has 1 fully saturated rings. The molecule has 1 aromatic rings. The Balaban J connectivity index is 2.52. The lowest BCUT2D eigenvalue weighted by atomic mass is 10.1. The number of nitrogen functional groups attached to an aromatic ring is 1. The lowest BCUT2D eigenvalue weighted by molar-refractivity contribution is -0.00769. The molecule has 0 saturated carbocycles. The maximum atomic E-state index is 12.8. The van der Waals surface area contributed by atoms with Gasteiger partial charge in [-0.05, 0) is 35.8 Å². The third-order valence-corrected chi connectivity index (χ3v) is 5.65. The average molecular weight is 365 g/mol. The maximum Gasteiger partial charge on any atom is 0.247 e. The van der Waals surface area contributed by atoms with Gasteiger partial charge < -0.3 is 10.2 Å². The minimum atomic E-state index is -3.72. The van der Waals surface area contributed by atoms with Gasteiger partial charge in [0, 0.05) is 17.2 Å². The van der Waals surface area contributed by atoms with E-state index < -0.39 is 15.6 Å². The van der Waals surface area contributed by atoms with Crippen LogP contribution in [-0.2, 0) is 14.8 Å². The van der Waals surface area contributed by atoms with Crippen LogP contribution in [0.1, 0.15) is 13.8 Å². The fourth-order valence-electron chi connectivity index (χ4n) is 2.13. The number of rotatable bonds is 3. The number of anilines is 1. The van der Waals surface area contributed by atoms with Crippen molar-refractivity contribution in [2.45, 2.75) is 24.3 Å². The molecule has 0 atom stereocenters. The van der Waals surface area contributed by atoms with E-state index in [0.717, 1.165) is 0 Å². The molecule has 0 amide bonds. The Morgan fingerprint density at radius 3 is 2.85 bits per heavy atom. The van der Waals surface area contributed by atoms with E-state index in [1.807, 2.05) is 13.8 Å². The first kappa shape index (κ1) is 15.6. The number of pyridine rings is 1. The van der Waals surface area contributed by atoms with Crippen LogP contribution in [0.4, 0.5) is 5.82 Å². The van der Waals surface area contributed by atoms with Crippen LogP contribution in [0.25, 0.3) is 0 Å². The SMILES string of the molecule is CC1(C)COCCN1S(=O)(=O)c1cc(Br)cnc1NN. The highest BCUT2D eigenvalue weighted by molar-refractivity contribution is 9.10. The van der Waals surface area contributed by atoms with Gasteiger partial charge in [-0.25, -0.2) is 19.2 Å². The maximum absolute atomic E-state index is 12.8. The fourth-order valence-corrected chi connectivity index (χ4v) is 4.50. The molecule has 9 heteroatoms. The minimum Gasteiger partial charge on any atom is -0.378 e. The summed E-state index contributed by atoms with van der Waals surface area (Å²) in [5.41, 5.74) is 1.71. The summed E-state index contributed by atoms with van der Waals surface area (Å²) in [6.45, 7) is 4.66. The monoisotopic (exact) mass is 364 g/mol. The molecule has 1 aliphatic rings. The molecule has 1 aliphatic heterocycles. The zero-order chi connectivity index (χ0) is 15.0. The Bertz CT molecular complexity index is 606. The van der Waals surface area contributed by atoms with Crippen LogP contribution in [0.3, 0.4) is 0 Å². The molecule has 0 aromatic carbocycles. The van der Waals surface area contributed by atoms with E-state index >= 15 is 0 Å².